The lowest BCUT2D eigenvalue weighted by molar-refractivity contribution is 0.0962. The van der Waals surface area contributed by atoms with Crippen molar-refractivity contribution in [3.63, 3.8) is 0 Å². The van der Waals surface area contributed by atoms with Crippen LogP contribution < -0.4 is 5.32 Å². The van der Waals surface area contributed by atoms with Crippen LogP contribution in [-0.4, -0.2) is 12.6 Å². The van der Waals surface area contributed by atoms with E-state index >= 15 is 0 Å². The molecular weight excluding hydrogens is 194 g/mol. The van der Waals surface area contributed by atoms with Crippen molar-refractivity contribution in [2.24, 2.45) is 11.3 Å². The third-order valence-corrected chi connectivity index (χ3v) is 5.39. The average molecular weight is 221 g/mol. The van der Waals surface area contributed by atoms with Crippen LogP contribution in [0.1, 0.15) is 70.6 Å². The minimum Gasteiger partial charge on any atom is -0.313 e. The summed E-state index contributed by atoms with van der Waals surface area (Å²) in [5.74, 6) is 1.07. The average Bonchev–Trinajstić information content (AvgIpc) is 2.99. The van der Waals surface area contributed by atoms with Crippen LogP contribution in [0.5, 0.6) is 0 Å². The van der Waals surface area contributed by atoms with Crippen LogP contribution in [0.2, 0.25) is 0 Å². The number of hydrogen-bond donors (Lipinski definition) is 1. The highest BCUT2D eigenvalue weighted by atomic mass is 15.0. The fourth-order valence-corrected chi connectivity index (χ4v) is 4.16. The second-order valence-corrected chi connectivity index (χ2v) is 6.56. The van der Waals surface area contributed by atoms with Crippen molar-refractivity contribution in [3.8, 4) is 0 Å². The molecule has 0 radical (unpaired) electrons. The van der Waals surface area contributed by atoms with E-state index in [1.54, 1.807) is 0 Å². The highest BCUT2D eigenvalue weighted by molar-refractivity contribution is 4.95. The lowest BCUT2D eigenvalue weighted by Crippen LogP contribution is -2.42. The van der Waals surface area contributed by atoms with E-state index in [-0.39, 0.29) is 0 Å². The molecule has 16 heavy (non-hydrogen) atoms. The molecule has 0 aromatic carbocycles. The van der Waals surface area contributed by atoms with Gasteiger partial charge in [0, 0.05) is 12.6 Å². The van der Waals surface area contributed by atoms with Gasteiger partial charge < -0.3 is 5.32 Å². The lowest BCUT2D eigenvalue weighted by atomic mass is 9.65. The highest BCUT2D eigenvalue weighted by Gasteiger charge is 2.41. The summed E-state index contributed by atoms with van der Waals surface area (Å²) in [7, 11) is 0. The van der Waals surface area contributed by atoms with Crippen molar-refractivity contribution < 1.29 is 0 Å². The Kier molecular flexibility index (Phi) is 3.24. The third-order valence-electron chi connectivity index (χ3n) is 5.39. The van der Waals surface area contributed by atoms with Crippen molar-refractivity contribution in [3.05, 3.63) is 0 Å². The van der Waals surface area contributed by atoms with Crippen LogP contribution in [0.25, 0.3) is 0 Å². The molecule has 1 N–H and O–H groups in total. The molecule has 1 heteroatoms. The van der Waals surface area contributed by atoms with Crippen molar-refractivity contribution >= 4 is 0 Å². The summed E-state index contributed by atoms with van der Waals surface area (Å²) in [6, 6.07) is 0.903. The fourth-order valence-electron chi connectivity index (χ4n) is 4.16. The first-order valence-corrected chi connectivity index (χ1v) is 7.62. The smallest absolute Gasteiger partial charge is 0.00684 e. The zero-order valence-electron chi connectivity index (χ0n) is 10.6. The zero-order valence-corrected chi connectivity index (χ0v) is 10.6. The molecule has 3 fully saturated rings. The largest absolute Gasteiger partial charge is 0.313 e. The summed E-state index contributed by atoms with van der Waals surface area (Å²) < 4.78 is 0. The Bertz CT molecular complexity index is 220. The second kappa shape index (κ2) is 4.68. The summed E-state index contributed by atoms with van der Waals surface area (Å²) in [5.41, 5.74) is 0.720. The predicted molar refractivity (Wildman–Crippen MR) is 68.5 cm³/mol. The van der Waals surface area contributed by atoms with Crippen molar-refractivity contribution in [1.29, 1.82) is 0 Å². The van der Waals surface area contributed by atoms with E-state index in [0.29, 0.717) is 0 Å². The fraction of sp³-hybridized carbons (Fsp3) is 1.00. The standard InChI is InChI=1S/C15H27N/c1-4-10-15(11-5-1,12-16-14-8-9-14)13-6-2-3-7-13/h13-14,16H,1-12H2. The summed E-state index contributed by atoms with van der Waals surface area (Å²) in [6.45, 7) is 1.35. The summed E-state index contributed by atoms with van der Waals surface area (Å²) in [6.07, 6.45) is 16.5. The summed E-state index contributed by atoms with van der Waals surface area (Å²) in [4.78, 5) is 0. The molecule has 3 rings (SSSR count). The molecular formula is C15H27N. The minimum absolute atomic E-state index is 0.720. The van der Waals surface area contributed by atoms with Gasteiger partial charge in [0.25, 0.3) is 0 Å². The van der Waals surface area contributed by atoms with Crippen LogP contribution in [0.15, 0.2) is 0 Å². The van der Waals surface area contributed by atoms with E-state index < -0.39 is 0 Å². The number of nitrogens with one attached hydrogen (secondary N) is 1. The van der Waals surface area contributed by atoms with Gasteiger partial charge in [-0.25, -0.2) is 0 Å². The molecule has 0 aromatic heterocycles. The molecule has 0 bridgehead atoms. The van der Waals surface area contributed by atoms with Crippen molar-refractivity contribution in [1.82, 2.24) is 5.32 Å². The van der Waals surface area contributed by atoms with E-state index in [4.69, 9.17) is 0 Å². The first-order chi connectivity index (χ1) is 7.89. The van der Waals surface area contributed by atoms with Gasteiger partial charge in [0.05, 0.1) is 0 Å². The molecule has 0 aromatic rings. The van der Waals surface area contributed by atoms with E-state index in [0.717, 1.165) is 17.4 Å². The Morgan fingerprint density at radius 1 is 0.812 bits per heavy atom. The van der Waals surface area contributed by atoms with Gasteiger partial charge in [-0.15, -0.1) is 0 Å². The van der Waals surface area contributed by atoms with Gasteiger partial charge in [-0.2, -0.15) is 0 Å². The quantitative estimate of drug-likeness (QED) is 0.759. The maximum atomic E-state index is 3.84. The Hall–Kier alpha value is -0.0400. The number of hydrogen-bond acceptors (Lipinski definition) is 1. The molecule has 0 aliphatic heterocycles. The normalized spacial score (nSPS) is 30.8. The van der Waals surface area contributed by atoms with Crippen molar-refractivity contribution in [2.45, 2.75) is 76.7 Å². The van der Waals surface area contributed by atoms with Gasteiger partial charge in [0.15, 0.2) is 0 Å². The van der Waals surface area contributed by atoms with Crippen LogP contribution in [-0.2, 0) is 0 Å². The van der Waals surface area contributed by atoms with Crippen LogP contribution in [0, 0.1) is 11.3 Å². The minimum atomic E-state index is 0.720. The summed E-state index contributed by atoms with van der Waals surface area (Å²) in [5, 5.41) is 3.84. The Morgan fingerprint density at radius 3 is 2.12 bits per heavy atom. The van der Waals surface area contributed by atoms with Gasteiger partial charge in [-0.05, 0) is 49.9 Å². The summed E-state index contributed by atoms with van der Waals surface area (Å²) >= 11 is 0. The van der Waals surface area contributed by atoms with Gasteiger partial charge in [-0.1, -0.05) is 32.1 Å². The van der Waals surface area contributed by atoms with Gasteiger partial charge in [-0.3, -0.25) is 0 Å². The maximum absolute atomic E-state index is 3.84. The monoisotopic (exact) mass is 221 g/mol. The number of rotatable bonds is 4. The Morgan fingerprint density at radius 2 is 1.50 bits per heavy atom. The van der Waals surface area contributed by atoms with Gasteiger partial charge >= 0.3 is 0 Å². The van der Waals surface area contributed by atoms with Crippen molar-refractivity contribution in [2.75, 3.05) is 6.54 Å². The second-order valence-electron chi connectivity index (χ2n) is 6.56. The SMILES string of the molecule is C1CCC(CNC2CC2)(C2CCCC2)CC1. The topological polar surface area (TPSA) is 12.0 Å². The molecule has 3 saturated carbocycles. The van der Waals surface area contributed by atoms with E-state index in [2.05, 4.69) is 5.32 Å². The van der Waals surface area contributed by atoms with Crippen LogP contribution in [0.3, 0.4) is 0 Å². The Labute approximate surface area is 100 Å². The maximum Gasteiger partial charge on any atom is 0.00684 e. The molecule has 0 spiro atoms. The molecule has 0 unspecified atom stereocenters. The molecule has 0 amide bonds. The molecule has 3 aliphatic carbocycles. The molecule has 0 saturated heterocycles. The first kappa shape index (κ1) is 11.1. The van der Waals surface area contributed by atoms with E-state index in [9.17, 15) is 0 Å². The highest BCUT2D eigenvalue weighted by Crippen LogP contribution is 2.49. The van der Waals surface area contributed by atoms with Crippen LogP contribution >= 0.6 is 0 Å². The molecule has 0 heterocycles. The molecule has 0 atom stereocenters. The first-order valence-electron chi connectivity index (χ1n) is 7.62. The molecule has 3 aliphatic rings. The van der Waals surface area contributed by atoms with Gasteiger partial charge in [0.1, 0.15) is 0 Å². The Balaban J connectivity index is 1.64. The van der Waals surface area contributed by atoms with Gasteiger partial charge in [0.2, 0.25) is 0 Å². The molecule has 1 nitrogen and oxygen atoms in total. The van der Waals surface area contributed by atoms with E-state index in [1.807, 2.05) is 0 Å². The third kappa shape index (κ3) is 2.30. The zero-order chi connectivity index (χ0) is 10.8. The molecule has 92 valence electrons. The lowest BCUT2D eigenvalue weighted by Gasteiger charge is -2.43. The van der Waals surface area contributed by atoms with Crippen LogP contribution in [0.4, 0.5) is 0 Å². The predicted octanol–water partition coefficient (Wildman–Crippen LogP) is 3.88. The van der Waals surface area contributed by atoms with E-state index in [1.165, 1.54) is 77.2 Å².